The quantitative estimate of drug-likeness (QED) is 0.923. The summed E-state index contributed by atoms with van der Waals surface area (Å²) in [5.41, 5.74) is 2.30. The van der Waals surface area contributed by atoms with E-state index in [1.807, 2.05) is 26.8 Å². The zero-order valence-electron chi connectivity index (χ0n) is 10.6. The lowest BCUT2D eigenvalue weighted by Gasteiger charge is -2.04. The number of aromatic nitrogens is 4. The lowest BCUT2D eigenvalue weighted by molar-refractivity contribution is 0.281. The minimum Gasteiger partial charge on any atom is -0.391 e. The largest absolute Gasteiger partial charge is 0.391 e. The molecule has 96 valence electrons. The van der Waals surface area contributed by atoms with Crippen LogP contribution in [0.1, 0.15) is 29.7 Å². The maximum atomic E-state index is 9.33. The van der Waals surface area contributed by atoms with Gasteiger partial charge >= 0.3 is 0 Å². The molecule has 0 saturated heterocycles. The van der Waals surface area contributed by atoms with Gasteiger partial charge in [-0.1, -0.05) is 18.5 Å². The van der Waals surface area contributed by atoms with E-state index < -0.39 is 0 Å². The number of aryl methyl sites for hydroxylation is 3. The average Bonchev–Trinajstić information content (AvgIpc) is 2.64. The van der Waals surface area contributed by atoms with Gasteiger partial charge in [-0.25, -0.2) is 14.6 Å². The number of halogens is 1. The standard InChI is InChI=1S/C12H15ClN4O/c1-4-10-9(6-18)12(13)17(16-10)11-5-7(2)14-8(3)15-11/h5,18H,4,6H2,1-3H3. The zero-order valence-corrected chi connectivity index (χ0v) is 11.4. The van der Waals surface area contributed by atoms with Crippen molar-refractivity contribution in [2.24, 2.45) is 0 Å². The van der Waals surface area contributed by atoms with Crippen LogP contribution in [-0.4, -0.2) is 24.9 Å². The van der Waals surface area contributed by atoms with Gasteiger partial charge in [0.2, 0.25) is 0 Å². The Labute approximate surface area is 110 Å². The first-order valence-electron chi connectivity index (χ1n) is 5.76. The smallest absolute Gasteiger partial charge is 0.159 e. The molecule has 1 N–H and O–H groups in total. The van der Waals surface area contributed by atoms with E-state index in [1.54, 1.807) is 4.68 Å². The third-order valence-corrected chi connectivity index (χ3v) is 3.05. The third-order valence-electron chi connectivity index (χ3n) is 2.67. The number of hydrogen-bond acceptors (Lipinski definition) is 4. The number of aliphatic hydroxyl groups is 1. The minimum atomic E-state index is -0.120. The molecule has 0 saturated carbocycles. The molecule has 18 heavy (non-hydrogen) atoms. The summed E-state index contributed by atoms with van der Waals surface area (Å²) >= 11 is 6.23. The van der Waals surface area contributed by atoms with Gasteiger partial charge in [-0.2, -0.15) is 5.10 Å². The fourth-order valence-electron chi connectivity index (χ4n) is 1.87. The van der Waals surface area contributed by atoms with Gasteiger partial charge in [0.1, 0.15) is 11.0 Å². The summed E-state index contributed by atoms with van der Waals surface area (Å²) in [4.78, 5) is 8.53. The van der Waals surface area contributed by atoms with E-state index in [0.29, 0.717) is 28.8 Å². The molecule has 5 nitrogen and oxygen atoms in total. The van der Waals surface area contributed by atoms with Gasteiger partial charge < -0.3 is 5.11 Å². The monoisotopic (exact) mass is 266 g/mol. The van der Waals surface area contributed by atoms with Crippen LogP contribution in [0.25, 0.3) is 5.82 Å². The third kappa shape index (κ3) is 2.23. The second-order valence-corrected chi connectivity index (χ2v) is 4.41. The van der Waals surface area contributed by atoms with Gasteiger partial charge in [-0.3, -0.25) is 0 Å². The van der Waals surface area contributed by atoms with Gasteiger partial charge in [0.05, 0.1) is 12.3 Å². The van der Waals surface area contributed by atoms with Crippen molar-refractivity contribution in [3.8, 4) is 5.82 Å². The van der Waals surface area contributed by atoms with Crippen molar-refractivity contribution in [1.82, 2.24) is 19.7 Å². The second-order valence-electron chi connectivity index (χ2n) is 4.05. The van der Waals surface area contributed by atoms with Crippen LogP contribution < -0.4 is 0 Å². The average molecular weight is 267 g/mol. The van der Waals surface area contributed by atoms with Crippen LogP contribution in [0.5, 0.6) is 0 Å². The van der Waals surface area contributed by atoms with Gasteiger partial charge in [-0.15, -0.1) is 0 Å². The fourth-order valence-corrected chi connectivity index (χ4v) is 2.16. The second kappa shape index (κ2) is 5.04. The van der Waals surface area contributed by atoms with E-state index >= 15 is 0 Å². The fraction of sp³-hybridized carbons (Fsp3) is 0.417. The van der Waals surface area contributed by atoms with E-state index in [-0.39, 0.29) is 6.61 Å². The topological polar surface area (TPSA) is 63.8 Å². The van der Waals surface area contributed by atoms with E-state index in [9.17, 15) is 5.11 Å². The summed E-state index contributed by atoms with van der Waals surface area (Å²) in [6.45, 7) is 5.56. The van der Waals surface area contributed by atoms with E-state index in [1.165, 1.54) is 0 Å². The van der Waals surface area contributed by atoms with E-state index in [2.05, 4.69) is 15.1 Å². The molecule has 0 unspecified atom stereocenters. The molecule has 0 aliphatic heterocycles. The molecule has 0 aliphatic rings. The van der Waals surface area contributed by atoms with Crippen molar-refractivity contribution in [1.29, 1.82) is 0 Å². The van der Waals surface area contributed by atoms with Crippen LogP contribution in [0.15, 0.2) is 6.07 Å². The molecule has 2 rings (SSSR count). The Bertz CT molecular complexity index is 559. The van der Waals surface area contributed by atoms with E-state index in [0.717, 1.165) is 11.4 Å². The van der Waals surface area contributed by atoms with Crippen molar-refractivity contribution in [2.75, 3.05) is 0 Å². The Balaban J connectivity index is 2.60. The molecule has 0 aromatic carbocycles. The Morgan fingerprint density at radius 1 is 1.33 bits per heavy atom. The molecule has 0 aliphatic carbocycles. The molecule has 2 aromatic rings. The number of nitrogens with zero attached hydrogens (tertiary/aromatic N) is 4. The molecule has 2 aromatic heterocycles. The first kappa shape index (κ1) is 13.0. The lowest BCUT2D eigenvalue weighted by Crippen LogP contribution is -2.04. The zero-order chi connectivity index (χ0) is 13.3. The molecule has 0 fully saturated rings. The first-order valence-corrected chi connectivity index (χ1v) is 6.14. The minimum absolute atomic E-state index is 0.120. The van der Waals surface area contributed by atoms with Crippen LogP contribution >= 0.6 is 11.6 Å². The predicted octanol–water partition coefficient (Wildman–Crippen LogP) is 1.99. The highest BCUT2D eigenvalue weighted by Crippen LogP contribution is 2.23. The summed E-state index contributed by atoms with van der Waals surface area (Å²) in [6, 6.07) is 1.81. The van der Waals surface area contributed by atoms with Crippen molar-refractivity contribution in [3.63, 3.8) is 0 Å². The Morgan fingerprint density at radius 3 is 2.56 bits per heavy atom. The summed E-state index contributed by atoms with van der Waals surface area (Å²) in [5, 5.41) is 14.1. The van der Waals surface area contributed by atoms with Gasteiger partial charge in [0.15, 0.2) is 5.82 Å². The molecule has 0 amide bonds. The Hall–Kier alpha value is -1.46. The highest BCUT2D eigenvalue weighted by atomic mass is 35.5. The van der Waals surface area contributed by atoms with Crippen LogP contribution in [0, 0.1) is 13.8 Å². The highest BCUT2D eigenvalue weighted by Gasteiger charge is 2.16. The van der Waals surface area contributed by atoms with Crippen molar-refractivity contribution < 1.29 is 5.11 Å². The SMILES string of the molecule is CCc1nn(-c2cc(C)nc(C)n2)c(Cl)c1CO. The molecule has 0 radical (unpaired) electrons. The molecule has 0 spiro atoms. The number of aliphatic hydroxyl groups excluding tert-OH is 1. The Kier molecular flexibility index (Phi) is 3.63. The summed E-state index contributed by atoms with van der Waals surface area (Å²) in [7, 11) is 0. The first-order chi connectivity index (χ1) is 8.56. The number of hydrogen-bond donors (Lipinski definition) is 1. The molecular formula is C12H15ClN4O. The normalized spacial score (nSPS) is 10.9. The van der Waals surface area contributed by atoms with Crippen molar-refractivity contribution in [3.05, 3.63) is 34.0 Å². The molecule has 2 heterocycles. The van der Waals surface area contributed by atoms with Crippen LogP contribution in [0.2, 0.25) is 5.15 Å². The molecule has 0 atom stereocenters. The summed E-state index contributed by atoms with van der Waals surface area (Å²) in [5.74, 6) is 1.29. The maximum Gasteiger partial charge on any atom is 0.159 e. The molecule has 6 heteroatoms. The summed E-state index contributed by atoms with van der Waals surface area (Å²) in [6.07, 6.45) is 0.714. The van der Waals surface area contributed by atoms with Gasteiger partial charge in [0, 0.05) is 17.3 Å². The summed E-state index contributed by atoms with van der Waals surface area (Å²) < 4.78 is 1.55. The van der Waals surface area contributed by atoms with Gasteiger partial charge in [-0.05, 0) is 20.3 Å². The lowest BCUT2D eigenvalue weighted by atomic mass is 10.2. The van der Waals surface area contributed by atoms with Crippen LogP contribution in [0.3, 0.4) is 0 Å². The van der Waals surface area contributed by atoms with Crippen molar-refractivity contribution >= 4 is 11.6 Å². The molecule has 0 bridgehead atoms. The number of rotatable bonds is 3. The maximum absolute atomic E-state index is 9.33. The van der Waals surface area contributed by atoms with Gasteiger partial charge in [0.25, 0.3) is 0 Å². The van der Waals surface area contributed by atoms with Crippen molar-refractivity contribution in [2.45, 2.75) is 33.8 Å². The Morgan fingerprint density at radius 2 is 2.06 bits per heavy atom. The van der Waals surface area contributed by atoms with E-state index in [4.69, 9.17) is 11.6 Å². The van der Waals surface area contributed by atoms with Crippen LogP contribution in [-0.2, 0) is 13.0 Å². The highest BCUT2D eigenvalue weighted by molar-refractivity contribution is 6.30. The van der Waals surface area contributed by atoms with Crippen LogP contribution in [0.4, 0.5) is 0 Å². The molecular weight excluding hydrogens is 252 g/mol. The predicted molar refractivity (Wildman–Crippen MR) is 68.9 cm³/mol.